The molecule has 2 N–H and O–H groups in total. The molecule has 4 heterocycles. The number of nitrogens with one attached hydrogen (secondary N) is 1. The molecule has 2 fully saturated rings. The van der Waals surface area contributed by atoms with Crippen LogP contribution in [0.25, 0.3) is 10.2 Å². The monoisotopic (exact) mass is 470 g/mol. The number of carbonyl (C=O) groups is 1. The van der Waals surface area contributed by atoms with E-state index in [-0.39, 0.29) is 6.54 Å². The fourth-order valence-corrected chi connectivity index (χ4v) is 5.88. The van der Waals surface area contributed by atoms with E-state index >= 15 is 0 Å². The van der Waals surface area contributed by atoms with Crippen LogP contribution >= 0.6 is 11.3 Å². The number of fused-ring (bicyclic) bond motifs is 1. The first kappa shape index (κ1) is 22.2. The minimum atomic E-state index is -0.911. The van der Waals surface area contributed by atoms with Crippen molar-refractivity contribution in [3.63, 3.8) is 0 Å². The van der Waals surface area contributed by atoms with E-state index in [1.54, 1.807) is 23.7 Å². The van der Waals surface area contributed by atoms with Crippen molar-refractivity contribution in [2.24, 2.45) is 0 Å². The van der Waals surface area contributed by atoms with Gasteiger partial charge in [-0.25, -0.2) is 9.97 Å². The lowest BCUT2D eigenvalue weighted by Gasteiger charge is -2.39. The number of carboxylic acid groups (broad SMARTS) is 1. The van der Waals surface area contributed by atoms with Gasteiger partial charge in [-0.2, -0.15) is 5.10 Å². The zero-order valence-corrected chi connectivity index (χ0v) is 19.7. The summed E-state index contributed by atoms with van der Waals surface area (Å²) in [5.41, 5.74) is 2.10. The second kappa shape index (κ2) is 9.74. The molecule has 1 saturated heterocycles. The summed E-state index contributed by atoms with van der Waals surface area (Å²) in [5, 5.41) is 20.1. The molecule has 0 atom stereocenters. The van der Waals surface area contributed by atoms with Crippen LogP contribution < -0.4 is 5.32 Å². The van der Waals surface area contributed by atoms with Crippen LogP contribution in [-0.2, 0) is 22.5 Å². The van der Waals surface area contributed by atoms with E-state index in [0.717, 1.165) is 66.6 Å². The van der Waals surface area contributed by atoms with Gasteiger partial charge in [0.05, 0.1) is 24.8 Å². The van der Waals surface area contributed by atoms with Gasteiger partial charge in [0.15, 0.2) is 0 Å². The summed E-state index contributed by atoms with van der Waals surface area (Å²) in [4.78, 5) is 24.2. The molecule has 176 valence electrons. The van der Waals surface area contributed by atoms with E-state index in [0.29, 0.717) is 18.5 Å². The molecule has 1 aliphatic heterocycles. The van der Waals surface area contributed by atoms with Gasteiger partial charge in [0.25, 0.3) is 0 Å². The highest BCUT2D eigenvalue weighted by atomic mass is 32.1. The van der Waals surface area contributed by atoms with Gasteiger partial charge in [-0.05, 0) is 49.1 Å². The van der Waals surface area contributed by atoms with Crippen LogP contribution in [-0.4, -0.2) is 74.1 Å². The molecule has 0 aromatic carbocycles. The van der Waals surface area contributed by atoms with E-state index in [4.69, 9.17) is 19.8 Å². The SMILES string of the molecule is Cc1csc2nc(Cc3cnn(CC(=O)O)c3)nc(NC3CCC(N4CCOCC4)CC3)c12. The summed E-state index contributed by atoms with van der Waals surface area (Å²) in [5.74, 6) is 0.733. The summed E-state index contributed by atoms with van der Waals surface area (Å²) in [7, 11) is 0. The van der Waals surface area contributed by atoms with Gasteiger partial charge >= 0.3 is 5.97 Å². The fraction of sp³-hybridized carbons (Fsp3) is 0.565. The van der Waals surface area contributed by atoms with Gasteiger partial charge in [-0.3, -0.25) is 14.4 Å². The quantitative estimate of drug-likeness (QED) is 0.543. The van der Waals surface area contributed by atoms with Crippen LogP contribution in [0.4, 0.5) is 5.82 Å². The van der Waals surface area contributed by atoms with E-state index in [1.165, 1.54) is 23.1 Å². The van der Waals surface area contributed by atoms with Crippen LogP contribution in [0.2, 0.25) is 0 Å². The first-order chi connectivity index (χ1) is 16.0. The number of aromatic nitrogens is 4. The second-order valence-electron chi connectivity index (χ2n) is 9.00. The molecule has 33 heavy (non-hydrogen) atoms. The molecular weight excluding hydrogens is 440 g/mol. The highest BCUT2D eigenvalue weighted by Crippen LogP contribution is 2.32. The zero-order valence-electron chi connectivity index (χ0n) is 18.9. The lowest BCUT2D eigenvalue weighted by molar-refractivity contribution is -0.137. The van der Waals surface area contributed by atoms with Crippen molar-refractivity contribution in [1.29, 1.82) is 0 Å². The van der Waals surface area contributed by atoms with Crippen LogP contribution in [0.1, 0.15) is 42.6 Å². The average Bonchev–Trinajstić information content (AvgIpc) is 3.40. The Bertz CT molecular complexity index is 1110. The number of morpholine rings is 1. The lowest BCUT2D eigenvalue weighted by Crippen LogP contribution is -2.46. The fourth-order valence-electron chi connectivity index (χ4n) is 4.94. The normalized spacial score (nSPS) is 22.0. The number of nitrogens with zero attached hydrogens (tertiary/aromatic N) is 5. The van der Waals surface area contributed by atoms with Gasteiger partial charge in [-0.1, -0.05) is 0 Å². The molecule has 1 aliphatic carbocycles. The molecule has 1 saturated carbocycles. The van der Waals surface area contributed by atoms with E-state index in [2.05, 4.69) is 27.6 Å². The molecule has 2 aliphatic rings. The summed E-state index contributed by atoms with van der Waals surface area (Å²) < 4.78 is 6.94. The average molecular weight is 471 g/mol. The Balaban J connectivity index is 1.29. The van der Waals surface area contributed by atoms with Crippen LogP contribution in [0.15, 0.2) is 17.8 Å². The minimum Gasteiger partial charge on any atom is -0.480 e. The third kappa shape index (κ3) is 5.18. The standard InChI is InChI=1S/C23H30N6O3S/c1-15-14-33-23-21(15)22(25-17-2-4-18(5-3-17)28-6-8-32-9-7-28)26-19(27-23)10-16-11-24-29(12-16)13-20(30)31/h11-12,14,17-18H,2-10,13H2,1H3,(H,30,31)(H,25,26,27). The first-order valence-corrected chi connectivity index (χ1v) is 12.5. The van der Waals surface area contributed by atoms with E-state index in [1.807, 2.05) is 0 Å². The predicted molar refractivity (Wildman–Crippen MR) is 127 cm³/mol. The number of ether oxygens (including phenoxy) is 1. The Kier molecular flexibility index (Phi) is 6.57. The van der Waals surface area contributed by atoms with E-state index < -0.39 is 5.97 Å². The number of anilines is 1. The second-order valence-corrected chi connectivity index (χ2v) is 9.86. The van der Waals surface area contributed by atoms with Crippen molar-refractivity contribution in [3.8, 4) is 0 Å². The number of aliphatic carboxylic acids is 1. The number of rotatable bonds is 7. The minimum absolute atomic E-state index is 0.149. The molecule has 0 spiro atoms. The van der Waals surface area contributed by atoms with Gasteiger partial charge in [-0.15, -0.1) is 11.3 Å². The molecule has 0 amide bonds. The summed E-state index contributed by atoms with van der Waals surface area (Å²) in [6.07, 6.45) is 8.62. The summed E-state index contributed by atoms with van der Waals surface area (Å²) in [6, 6.07) is 1.07. The molecule has 3 aromatic heterocycles. The number of hydrogen-bond acceptors (Lipinski definition) is 8. The highest BCUT2D eigenvalue weighted by Gasteiger charge is 2.27. The highest BCUT2D eigenvalue weighted by molar-refractivity contribution is 7.17. The molecule has 0 bridgehead atoms. The molecular formula is C23H30N6O3S. The van der Waals surface area contributed by atoms with Crippen LogP contribution in [0.5, 0.6) is 0 Å². The Morgan fingerprint density at radius 2 is 2.03 bits per heavy atom. The van der Waals surface area contributed by atoms with Crippen LogP contribution in [0, 0.1) is 6.92 Å². The Morgan fingerprint density at radius 1 is 1.24 bits per heavy atom. The Labute approximate surface area is 196 Å². The van der Waals surface area contributed by atoms with Crippen molar-refractivity contribution >= 4 is 33.3 Å². The largest absolute Gasteiger partial charge is 0.480 e. The Hall–Kier alpha value is -2.56. The predicted octanol–water partition coefficient (Wildman–Crippen LogP) is 2.93. The Morgan fingerprint density at radius 3 is 2.79 bits per heavy atom. The number of hydrogen-bond donors (Lipinski definition) is 2. The zero-order chi connectivity index (χ0) is 22.8. The topological polar surface area (TPSA) is 105 Å². The third-order valence-corrected chi connectivity index (χ3v) is 7.60. The van der Waals surface area contributed by atoms with Gasteiger partial charge < -0.3 is 15.2 Å². The van der Waals surface area contributed by atoms with Gasteiger partial charge in [0.2, 0.25) is 0 Å². The first-order valence-electron chi connectivity index (χ1n) is 11.6. The van der Waals surface area contributed by atoms with Crippen molar-refractivity contribution < 1.29 is 14.6 Å². The molecule has 9 nitrogen and oxygen atoms in total. The maximum atomic E-state index is 10.9. The van der Waals surface area contributed by atoms with Gasteiger partial charge in [0, 0.05) is 37.8 Å². The summed E-state index contributed by atoms with van der Waals surface area (Å²) >= 11 is 1.64. The van der Waals surface area contributed by atoms with Crippen molar-refractivity contribution in [2.75, 3.05) is 31.6 Å². The van der Waals surface area contributed by atoms with Gasteiger partial charge in [0.1, 0.15) is 23.0 Å². The number of aryl methyl sites for hydroxylation is 1. The smallest absolute Gasteiger partial charge is 0.325 e. The molecule has 0 unspecified atom stereocenters. The molecule has 10 heteroatoms. The number of carboxylic acids is 1. The van der Waals surface area contributed by atoms with Crippen molar-refractivity contribution in [1.82, 2.24) is 24.6 Å². The van der Waals surface area contributed by atoms with Crippen LogP contribution in [0.3, 0.4) is 0 Å². The molecule has 5 rings (SSSR count). The third-order valence-electron chi connectivity index (χ3n) is 6.61. The maximum Gasteiger partial charge on any atom is 0.325 e. The maximum absolute atomic E-state index is 10.9. The van der Waals surface area contributed by atoms with Crippen molar-refractivity contribution in [2.45, 2.75) is 57.7 Å². The number of thiophene rings is 1. The van der Waals surface area contributed by atoms with E-state index in [9.17, 15) is 4.79 Å². The molecule has 3 aromatic rings. The summed E-state index contributed by atoms with van der Waals surface area (Å²) in [6.45, 7) is 5.77. The lowest BCUT2D eigenvalue weighted by atomic mass is 9.90. The van der Waals surface area contributed by atoms with Crippen molar-refractivity contribution in [3.05, 3.63) is 34.7 Å². The molecule has 0 radical (unpaired) electrons.